The van der Waals surface area contributed by atoms with Crippen LogP contribution in [0, 0.1) is 0 Å². The maximum atomic E-state index is 9.62. The van der Waals surface area contributed by atoms with E-state index >= 15 is 0 Å². The zero-order valence-electron chi connectivity index (χ0n) is 10.7. The van der Waals surface area contributed by atoms with Crippen molar-refractivity contribution in [1.29, 1.82) is 0 Å². The highest BCUT2D eigenvalue weighted by atomic mass is 35.5. The molecule has 0 aliphatic rings. The molecule has 0 heterocycles. The highest BCUT2D eigenvalue weighted by Gasteiger charge is 2.11. The highest BCUT2D eigenvalue weighted by molar-refractivity contribution is 6.30. The molecule has 3 N–H and O–H groups in total. The van der Waals surface area contributed by atoms with Gasteiger partial charge in [0.2, 0.25) is 0 Å². The highest BCUT2D eigenvalue weighted by Crippen LogP contribution is 2.27. The molecule has 0 aromatic heterocycles. The topological polar surface area (TPSA) is 64.7 Å². The molecular formula is C13H20ClNO3. The summed E-state index contributed by atoms with van der Waals surface area (Å²) < 4.78 is 10.6. The summed E-state index contributed by atoms with van der Waals surface area (Å²) in [6, 6.07) is 5.09. The molecule has 0 aliphatic heterocycles. The van der Waals surface area contributed by atoms with Crippen LogP contribution in [0.2, 0.25) is 5.02 Å². The minimum Gasteiger partial charge on any atom is -0.490 e. The molecule has 0 bridgehead atoms. The Balaban J connectivity index is 2.61. The number of aliphatic hydroxyl groups excluding tert-OH is 1. The summed E-state index contributed by atoms with van der Waals surface area (Å²) in [6.07, 6.45) is -0.651. The van der Waals surface area contributed by atoms with Gasteiger partial charge in [0.25, 0.3) is 0 Å². The average molecular weight is 274 g/mol. The molecule has 1 aromatic carbocycles. The molecule has 0 amide bonds. The fraction of sp³-hybridized carbons (Fsp3) is 0.538. The van der Waals surface area contributed by atoms with Crippen LogP contribution in [-0.4, -0.2) is 31.0 Å². The van der Waals surface area contributed by atoms with Gasteiger partial charge < -0.3 is 20.3 Å². The first-order valence-corrected chi connectivity index (χ1v) is 6.36. The Morgan fingerprint density at radius 1 is 1.39 bits per heavy atom. The lowest BCUT2D eigenvalue weighted by atomic mass is 10.1. The lowest BCUT2D eigenvalue weighted by molar-refractivity contribution is 0.0162. The summed E-state index contributed by atoms with van der Waals surface area (Å²) in [5.74, 6) is 0.643. The SMILES string of the molecule is CCOCC(O)COc1ccc(Cl)cc1[C@H](C)N. The first-order chi connectivity index (χ1) is 8.54. The molecule has 0 saturated carbocycles. The number of hydrogen-bond donors (Lipinski definition) is 2. The summed E-state index contributed by atoms with van der Waals surface area (Å²) in [5, 5.41) is 10.2. The number of hydrogen-bond acceptors (Lipinski definition) is 4. The molecule has 102 valence electrons. The largest absolute Gasteiger partial charge is 0.490 e. The molecule has 0 spiro atoms. The van der Waals surface area contributed by atoms with Crippen LogP contribution >= 0.6 is 11.6 Å². The Hall–Kier alpha value is -0.810. The molecule has 1 rings (SSSR count). The number of benzene rings is 1. The standard InChI is InChI=1S/C13H20ClNO3/c1-3-17-7-11(16)8-18-13-5-4-10(14)6-12(13)9(2)15/h4-6,9,11,16H,3,7-8,15H2,1-2H3/t9-,11?/m0/s1. The van der Waals surface area contributed by atoms with Crippen LogP contribution in [0.5, 0.6) is 5.75 Å². The summed E-state index contributed by atoms with van der Waals surface area (Å²) >= 11 is 5.91. The van der Waals surface area contributed by atoms with Gasteiger partial charge in [0, 0.05) is 23.2 Å². The molecule has 0 aliphatic carbocycles. The fourth-order valence-electron chi connectivity index (χ4n) is 1.49. The Morgan fingerprint density at radius 3 is 2.72 bits per heavy atom. The quantitative estimate of drug-likeness (QED) is 0.799. The smallest absolute Gasteiger partial charge is 0.124 e. The van der Waals surface area contributed by atoms with E-state index in [0.717, 1.165) is 5.56 Å². The monoisotopic (exact) mass is 273 g/mol. The second kappa shape index (κ2) is 7.59. The van der Waals surface area contributed by atoms with Gasteiger partial charge in [-0.2, -0.15) is 0 Å². The van der Waals surface area contributed by atoms with E-state index in [1.807, 2.05) is 13.8 Å². The molecule has 0 radical (unpaired) electrons. The van der Waals surface area contributed by atoms with Crippen molar-refractivity contribution >= 4 is 11.6 Å². The molecule has 2 atom stereocenters. The van der Waals surface area contributed by atoms with E-state index in [9.17, 15) is 5.11 Å². The first-order valence-electron chi connectivity index (χ1n) is 5.98. The van der Waals surface area contributed by atoms with Crippen LogP contribution < -0.4 is 10.5 Å². The van der Waals surface area contributed by atoms with Gasteiger partial charge in [-0.1, -0.05) is 11.6 Å². The zero-order chi connectivity index (χ0) is 13.5. The van der Waals surface area contributed by atoms with Gasteiger partial charge in [0.05, 0.1) is 6.61 Å². The van der Waals surface area contributed by atoms with Crippen LogP contribution in [0.1, 0.15) is 25.5 Å². The van der Waals surface area contributed by atoms with E-state index in [0.29, 0.717) is 17.4 Å². The second-order valence-corrected chi connectivity index (χ2v) is 4.53. The minimum absolute atomic E-state index is 0.168. The van der Waals surface area contributed by atoms with Crippen molar-refractivity contribution in [3.8, 4) is 5.75 Å². The van der Waals surface area contributed by atoms with Gasteiger partial charge in [-0.15, -0.1) is 0 Å². The van der Waals surface area contributed by atoms with Crippen LogP contribution in [0.15, 0.2) is 18.2 Å². The Labute approximate surface area is 113 Å². The molecule has 5 heteroatoms. The van der Waals surface area contributed by atoms with Crippen molar-refractivity contribution in [1.82, 2.24) is 0 Å². The Morgan fingerprint density at radius 2 is 2.11 bits per heavy atom. The number of rotatable bonds is 7. The molecular weight excluding hydrogens is 254 g/mol. The third kappa shape index (κ3) is 4.82. The van der Waals surface area contributed by atoms with E-state index in [-0.39, 0.29) is 19.3 Å². The van der Waals surface area contributed by atoms with E-state index in [2.05, 4.69) is 0 Å². The van der Waals surface area contributed by atoms with Crippen molar-refractivity contribution in [2.75, 3.05) is 19.8 Å². The number of halogens is 1. The van der Waals surface area contributed by atoms with Crippen LogP contribution in [0.3, 0.4) is 0 Å². The summed E-state index contributed by atoms with van der Waals surface area (Å²) in [4.78, 5) is 0. The third-order valence-corrected chi connectivity index (χ3v) is 2.64. The Kier molecular flexibility index (Phi) is 6.43. The maximum Gasteiger partial charge on any atom is 0.124 e. The third-order valence-electron chi connectivity index (χ3n) is 2.41. The van der Waals surface area contributed by atoms with Crippen LogP contribution in [0.25, 0.3) is 0 Å². The van der Waals surface area contributed by atoms with Crippen molar-refractivity contribution in [2.24, 2.45) is 5.73 Å². The van der Waals surface area contributed by atoms with E-state index in [1.165, 1.54) is 0 Å². The lowest BCUT2D eigenvalue weighted by Gasteiger charge is -2.16. The van der Waals surface area contributed by atoms with Gasteiger partial charge in [0.1, 0.15) is 18.5 Å². The van der Waals surface area contributed by atoms with Crippen molar-refractivity contribution in [3.05, 3.63) is 28.8 Å². The number of nitrogens with two attached hydrogens (primary N) is 1. The van der Waals surface area contributed by atoms with Crippen molar-refractivity contribution in [3.63, 3.8) is 0 Å². The molecule has 1 unspecified atom stereocenters. The fourth-order valence-corrected chi connectivity index (χ4v) is 1.68. The van der Waals surface area contributed by atoms with Gasteiger partial charge in [-0.3, -0.25) is 0 Å². The van der Waals surface area contributed by atoms with Gasteiger partial charge in [-0.05, 0) is 32.0 Å². The van der Waals surface area contributed by atoms with E-state index in [1.54, 1.807) is 18.2 Å². The average Bonchev–Trinajstić information content (AvgIpc) is 2.34. The predicted octanol–water partition coefficient (Wildman–Crippen LogP) is 2.14. The van der Waals surface area contributed by atoms with Gasteiger partial charge in [-0.25, -0.2) is 0 Å². The molecule has 4 nitrogen and oxygen atoms in total. The second-order valence-electron chi connectivity index (χ2n) is 4.10. The number of aliphatic hydroxyl groups is 1. The van der Waals surface area contributed by atoms with Gasteiger partial charge >= 0.3 is 0 Å². The number of ether oxygens (including phenoxy) is 2. The molecule has 0 saturated heterocycles. The molecule has 1 aromatic rings. The normalized spacial score (nSPS) is 14.3. The van der Waals surface area contributed by atoms with Crippen molar-refractivity contribution in [2.45, 2.75) is 26.0 Å². The van der Waals surface area contributed by atoms with Crippen molar-refractivity contribution < 1.29 is 14.6 Å². The summed E-state index contributed by atoms with van der Waals surface area (Å²) in [7, 11) is 0. The van der Waals surface area contributed by atoms with E-state index < -0.39 is 6.10 Å². The first kappa shape index (κ1) is 15.2. The molecule has 18 heavy (non-hydrogen) atoms. The lowest BCUT2D eigenvalue weighted by Crippen LogP contribution is -2.24. The maximum absolute atomic E-state index is 9.62. The van der Waals surface area contributed by atoms with Crippen LogP contribution in [-0.2, 0) is 4.74 Å². The zero-order valence-corrected chi connectivity index (χ0v) is 11.5. The summed E-state index contributed by atoms with van der Waals surface area (Å²) in [6.45, 7) is 4.73. The molecule has 0 fully saturated rings. The van der Waals surface area contributed by atoms with Crippen LogP contribution in [0.4, 0.5) is 0 Å². The summed E-state index contributed by atoms with van der Waals surface area (Å²) in [5.41, 5.74) is 6.67. The Bertz CT molecular complexity index is 371. The predicted molar refractivity (Wildman–Crippen MR) is 72.0 cm³/mol. The van der Waals surface area contributed by atoms with Gasteiger partial charge in [0.15, 0.2) is 0 Å². The minimum atomic E-state index is -0.651. The van der Waals surface area contributed by atoms with E-state index in [4.69, 9.17) is 26.8 Å².